The van der Waals surface area contributed by atoms with Crippen molar-refractivity contribution in [3.63, 3.8) is 0 Å². The number of piperidine rings is 1. The van der Waals surface area contributed by atoms with Gasteiger partial charge in [-0.3, -0.25) is 14.5 Å². The lowest BCUT2D eigenvalue weighted by atomic mass is 9.87. The summed E-state index contributed by atoms with van der Waals surface area (Å²) in [6, 6.07) is -0.528. The van der Waals surface area contributed by atoms with Crippen LogP contribution in [0.2, 0.25) is 0 Å². The molecule has 2 aliphatic rings. The molecule has 2 rings (SSSR count). The van der Waals surface area contributed by atoms with E-state index in [9.17, 15) is 14.7 Å². The molecule has 3 unspecified atom stereocenters. The van der Waals surface area contributed by atoms with Crippen molar-refractivity contribution < 1.29 is 14.7 Å². The number of hydrogen-bond donors (Lipinski definition) is 4. The first kappa shape index (κ1) is 26.1. The zero-order valence-electron chi connectivity index (χ0n) is 19.2. The van der Waals surface area contributed by atoms with Gasteiger partial charge in [-0.25, -0.2) is 4.99 Å². The number of carboxylic acids is 1. The van der Waals surface area contributed by atoms with Crippen LogP contribution in [0.4, 0.5) is 0 Å². The van der Waals surface area contributed by atoms with Gasteiger partial charge in [0.05, 0.1) is 11.9 Å². The minimum absolute atomic E-state index is 0.00156. The maximum atomic E-state index is 12.1. The Morgan fingerprint density at radius 1 is 1.38 bits per heavy atom. The normalized spacial score (nSPS) is 20.0. The van der Waals surface area contributed by atoms with Crippen molar-refractivity contribution >= 4 is 27.3 Å². The van der Waals surface area contributed by atoms with E-state index < -0.39 is 12.0 Å². The molecule has 1 saturated heterocycles. The van der Waals surface area contributed by atoms with Gasteiger partial charge < -0.3 is 21.5 Å². The van der Waals surface area contributed by atoms with Crippen molar-refractivity contribution in [1.29, 1.82) is 0 Å². The molecule has 3 atom stereocenters. The van der Waals surface area contributed by atoms with Gasteiger partial charge in [0.2, 0.25) is 5.91 Å². The van der Waals surface area contributed by atoms with E-state index in [0.717, 1.165) is 38.0 Å². The predicted molar refractivity (Wildman–Crippen MR) is 132 cm³/mol. The summed E-state index contributed by atoms with van der Waals surface area (Å²) < 4.78 is 0. The molecule has 9 heteroatoms. The Balaban J connectivity index is 1.90. The molecule has 0 saturated carbocycles. The van der Waals surface area contributed by atoms with Gasteiger partial charge in [0.1, 0.15) is 11.9 Å². The number of aliphatic carboxylic acids is 1. The highest BCUT2D eigenvalue weighted by atomic mass is 31.0. The standard InChI is InChI=1S/C23H38N5O3P/c1-3-21(29)25-10-7-18(15-32)22(23(30)31)28-11-8-17(9-12-28)16(2)13-26-19-5-4-6-20(24)27-14-19/h5-6,13-14,17-18,22,26H,3-4,7-12,15,24,32H2,1-2H3,(H,25,29)(H,30,31)/b16-13+. The van der Waals surface area contributed by atoms with Crippen LogP contribution in [-0.4, -0.2) is 59.9 Å². The molecule has 32 heavy (non-hydrogen) atoms. The Bertz CT molecular complexity index is 770. The fourth-order valence-corrected chi connectivity index (χ4v) is 4.68. The summed E-state index contributed by atoms with van der Waals surface area (Å²) in [6.45, 7) is 5.94. The molecule has 1 fully saturated rings. The minimum Gasteiger partial charge on any atom is -0.480 e. The quantitative estimate of drug-likeness (QED) is 0.349. The van der Waals surface area contributed by atoms with E-state index in [1.54, 1.807) is 6.21 Å². The average Bonchev–Trinajstić information content (AvgIpc) is 3.00. The van der Waals surface area contributed by atoms with Crippen molar-refractivity contribution in [3.8, 4) is 0 Å². The largest absolute Gasteiger partial charge is 0.480 e. The second kappa shape index (κ2) is 13.4. The number of carbonyl (C=O) groups is 2. The Morgan fingerprint density at radius 3 is 2.72 bits per heavy atom. The number of nitrogens with two attached hydrogens (primary N) is 1. The minimum atomic E-state index is -0.779. The second-order valence-corrected chi connectivity index (χ2v) is 8.87. The molecule has 0 aromatic carbocycles. The van der Waals surface area contributed by atoms with Crippen LogP contribution in [0, 0.1) is 11.8 Å². The lowest BCUT2D eigenvalue weighted by molar-refractivity contribution is -0.146. The number of amides is 1. The van der Waals surface area contributed by atoms with Crippen LogP contribution in [0.15, 0.2) is 40.4 Å². The molecule has 1 amide bonds. The summed E-state index contributed by atoms with van der Waals surface area (Å²) in [5.74, 6) is 0.140. The van der Waals surface area contributed by atoms with E-state index >= 15 is 0 Å². The third-order valence-electron chi connectivity index (χ3n) is 6.21. The van der Waals surface area contributed by atoms with Gasteiger partial charge in [0, 0.05) is 19.2 Å². The van der Waals surface area contributed by atoms with Crippen molar-refractivity contribution in [1.82, 2.24) is 15.5 Å². The first-order valence-corrected chi connectivity index (χ1v) is 12.2. The summed E-state index contributed by atoms with van der Waals surface area (Å²) in [7, 11) is 2.68. The number of carbonyl (C=O) groups excluding carboxylic acids is 1. The number of rotatable bonds is 11. The predicted octanol–water partition coefficient (Wildman–Crippen LogP) is 2.21. The van der Waals surface area contributed by atoms with Gasteiger partial charge in [-0.2, -0.15) is 0 Å². The molecule has 0 aromatic heterocycles. The van der Waals surface area contributed by atoms with Crippen LogP contribution in [0.3, 0.4) is 0 Å². The molecule has 2 heterocycles. The van der Waals surface area contributed by atoms with E-state index in [1.807, 2.05) is 25.3 Å². The number of nitrogens with zero attached hydrogens (tertiary/aromatic N) is 2. The molecular weight excluding hydrogens is 425 g/mol. The van der Waals surface area contributed by atoms with Gasteiger partial charge in [-0.15, -0.1) is 9.24 Å². The van der Waals surface area contributed by atoms with Crippen LogP contribution >= 0.6 is 9.24 Å². The molecule has 0 bridgehead atoms. The highest BCUT2D eigenvalue weighted by Crippen LogP contribution is 2.28. The summed E-state index contributed by atoms with van der Waals surface area (Å²) in [6.07, 6.45) is 12.0. The van der Waals surface area contributed by atoms with Gasteiger partial charge >= 0.3 is 5.97 Å². The maximum absolute atomic E-state index is 12.1. The molecular formula is C23H38N5O3P. The summed E-state index contributed by atoms with van der Waals surface area (Å²) in [4.78, 5) is 29.9. The third kappa shape index (κ3) is 8.06. The topological polar surface area (TPSA) is 120 Å². The zero-order valence-corrected chi connectivity index (χ0v) is 20.4. The molecule has 178 valence electrons. The average molecular weight is 464 g/mol. The number of likely N-dealkylation sites (tertiary alicyclic amines) is 1. The number of allylic oxidation sites excluding steroid dienone is 4. The molecule has 8 nitrogen and oxygen atoms in total. The number of hydrogen-bond acceptors (Lipinski definition) is 6. The van der Waals surface area contributed by atoms with Crippen LogP contribution in [-0.2, 0) is 9.59 Å². The van der Waals surface area contributed by atoms with E-state index in [-0.39, 0.29) is 11.8 Å². The van der Waals surface area contributed by atoms with Crippen molar-refractivity contribution in [3.05, 3.63) is 35.4 Å². The van der Waals surface area contributed by atoms with E-state index in [4.69, 9.17) is 5.73 Å². The SMILES string of the molecule is CCC(=O)NCCC(CP)C(C(=O)O)N1CCC(/C(C)=C/NC2=CCC=C(N)N=C2)CC1. The Labute approximate surface area is 193 Å². The highest BCUT2D eigenvalue weighted by molar-refractivity contribution is 7.16. The Kier molecular flexibility index (Phi) is 10.9. The molecule has 5 N–H and O–H groups in total. The van der Waals surface area contributed by atoms with Crippen molar-refractivity contribution in [2.24, 2.45) is 22.6 Å². The fraction of sp³-hybridized carbons (Fsp3) is 0.609. The van der Waals surface area contributed by atoms with Gasteiger partial charge in [-0.1, -0.05) is 18.6 Å². The fourth-order valence-electron chi connectivity index (χ4n) is 4.18. The van der Waals surface area contributed by atoms with Gasteiger partial charge in [0.25, 0.3) is 0 Å². The van der Waals surface area contributed by atoms with Gasteiger partial charge in [-0.05, 0) is 69.8 Å². The first-order chi connectivity index (χ1) is 15.3. The summed E-state index contributed by atoms with van der Waals surface area (Å²) >= 11 is 0. The first-order valence-electron chi connectivity index (χ1n) is 11.4. The van der Waals surface area contributed by atoms with Crippen molar-refractivity contribution in [2.45, 2.75) is 52.0 Å². The highest BCUT2D eigenvalue weighted by Gasteiger charge is 2.35. The second-order valence-electron chi connectivity index (χ2n) is 8.40. The monoisotopic (exact) mass is 463 g/mol. The third-order valence-corrected chi connectivity index (χ3v) is 6.82. The van der Waals surface area contributed by atoms with Crippen LogP contribution in [0.1, 0.15) is 46.0 Å². The summed E-state index contributed by atoms with van der Waals surface area (Å²) in [5.41, 5.74) is 7.90. The van der Waals surface area contributed by atoms with Crippen LogP contribution in [0.25, 0.3) is 0 Å². The lowest BCUT2D eigenvalue weighted by Gasteiger charge is -2.39. The number of nitrogens with one attached hydrogen (secondary N) is 2. The molecule has 0 aliphatic carbocycles. The van der Waals surface area contributed by atoms with E-state index in [0.29, 0.717) is 37.3 Å². The van der Waals surface area contributed by atoms with Crippen LogP contribution < -0.4 is 16.4 Å². The van der Waals surface area contributed by atoms with Gasteiger partial charge in [0.15, 0.2) is 0 Å². The molecule has 0 aromatic rings. The van der Waals surface area contributed by atoms with E-state index in [1.165, 1.54) is 5.57 Å². The number of aliphatic imine (C=N–C) groups is 1. The Hall–Kier alpha value is -2.18. The van der Waals surface area contributed by atoms with Crippen LogP contribution in [0.5, 0.6) is 0 Å². The van der Waals surface area contributed by atoms with Crippen molar-refractivity contribution in [2.75, 3.05) is 25.8 Å². The maximum Gasteiger partial charge on any atom is 0.321 e. The molecule has 0 radical (unpaired) electrons. The molecule has 0 spiro atoms. The van der Waals surface area contributed by atoms with E-state index in [2.05, 4.69) is 36.7 Å². The number of carboxylic acid groups (broad SMARTS) is 1. The zero-order chi connectivity index (χ0) is 23.5. The smallest absolute Gasteiger partial charge is 0.321 e. The Morgan fingerprint density at radius 2 is 2.09 bits per heavy atom. The molecule has 2 aliphatic heterocycles. The lowest BCUT2D eigenvalue weighted by Crippen LogP contribution is -2.50. The summed E-state index contributed by atoms with van der Waals surface area (Å²) in [5, 5.41) is 16.1.